The lowest BCUT2D eigenvalue weighted by molar-refractivity contribution is -1.02. The zero-order valence-corrected chi connectivity index (χ0v) is 15.0. The van der Waals surface area contributed by atoms with E-state index in [2.05, 4.69) is 5.32 Å². The molecular formula is C20H24F3N3O+2. The third-order valence-corrected chi connectivity index (χ3v) is 4.84. The van der Waals surface area contributed by atoms with Gasteiger partial charge in [0.1, 0.15) is 32.7 Å². The van der Waals surface area contributed by atoms with Crippen molar-refractivity contribution in [2.75, 3.05) is 38.0 Å². The number of hydrogen-bond acceptors (Lipinski definition) is 1. The summed E-state index contributed by atoms with van der Waals surface area (Å²) in [6, 6.07) is 14.9. The van der Waals surface area contributed by atoms with E-state index in [4.69, 9.17) is 0 Å². The van der Waals surface area contributed by atoms with Gasteiger partial charge >= 0.3 is 6.18 Å². The molecule has 27 heavy (non-hydrogen) atoms. The molecular weight excluding hydrogens is 355 g/mol. The van der Waals surface area contributed by atoms with Gasteiger partial charge < -0.3 is 15.1 Å². The van der Waals surface area contributed by atoms with Crippen LogP contribution in [0.4, 0.5) is 18.9 Å². The number of para-hydroxylation sites is 1. The van der Waals surface area contributed by atoms with E-state index in [-0.39, 0.29) is 5.91 Å². The van der Waals surface area contributed by atoms with Gasteiger partial charge in [-0.15, -0.1) is 0 Å². The second-order valence-corrected chi connectivity index (χ2v) is 6.97. The SMILES string of the molecule is O=C(C[NH+]1CC[NH+](Cc2cccc(C(F)(F)F)c2)CC1)Nc1ccccc1. The minimum absolute atomic E-state index is 0.0162. The van der Waals surface area contributed by atoms with Crippen molar-refractivity contribution in [3.63, 3.8) is 0 Å². The number of carbonyl (C=O) groups excluding carboxylic acids is 1. The van der Waals surface area contributed by atoms with Crippen LogP contribution >= 0.6 is 0 Å². The molecule has 0 aromatic heterocycles. The molecule has 7 heteroatoms. The van der Waals surface area contributed by atoms with Gasteiger partial charge in [0.15, 0.2) is 6.54 Å². The summed E-state index contributed by atoms with van der Waals surface area (Å²) in [6.07, 6.45) is -4.31. The Morgan fingerprint density at radius 1 is 0.926 bits per heavy atom. The minimum Gasteiger partial charge on any atom is -0.322 e. The van der Waals surface area contributed by atoms with E-state index in [1.54, 1.807) is 6.07 Å². The zero-order valence-electron chi connectivity index (χ0n) is 15.0. The zero-order chi connectivity index (χ0) is 19.3. The molecule has 2 aromatic carbocycles. The fourth-order valence-electron chi connectivity index (χ4n) is 3.41. The Balaban J connectivity index is 1.46. The Morgan fingerprint density at radius 3 is 2.26 bits per heavy atom. The van der Waals surface area contributed by atoms with E-state index in [1.165, 1.54) is 21.9 Å². The first-order valence-corrected chi connectivity index (χ1v) is 9.08. The fourth-order valence-corrected chi connectivity index (χ4v) is 3.41. The molecule has 0 atom stereocenters. The molecule has 1 aliphatic rings. The number of rotatable bonds is 5. The molecule has 4 nitrogen and oxygen atoms in total. The number of piperazine rings is 1. The molecule has 0 spiro atoms. The van der Waals surface area contributed by atoms with E-state index in [9.17, 15) is 18.0 Å². The van der Waals surface area contributed by atoms with E-state index < -0.39 is 11.7 Å². The van der Waals surface area contributed by atoms with Crippen molar-refractivity contribution in [2.45, 2.75) is 12.7 Å². The topological polar surface area (TPSA) is 38.0 Å². The fraction of sp³-hybridized carbons (Fsp3) is 0.350. The summed E-state index contributed by atoms with van der Waals surface area (Å²) in [5.74, 6) is -0.0162. The number of amides is 1. The summed E-state index contributed by atoms with van der Waals surface area (Å²) in [5, 5.41) is 2.89. The van der Waals surface area contributed by atoms with Crippen LogP contribution in [0.25, 0.3) is 0 Å². The molecule has 1 saturated heterocycles. The van der Waals surface area contributed by atoms with Crippen molar-refractivity contribution < 1.29 is 27.8 Å². The summed E-state index contributed by atoms with van der Waals surface area (Å²) in [5.41, 5.74) is 0.891. The standard InChI is InChI=1S/C20H22F3N3O/c21-20(22,23)17-6-4-5-16(13-17)14-25-9-11-26(12-10-25)15-19(27)24-18-7-2-1-3-8-18/h1-8,13H,9-12,14-15H2,(H,24,27)/p+2. The molecule has 3 rings (SSSR count). The highest BCUT2D eigenvalue weighted by atomic mass is 19.4. The molecule has 0 radical (unpaired) electrons. The summed E-state index contributed by atoms with van der Waals surface area (Å²) < 4.78 is 38.5. The lowest BCUT2D eigenvalue weighted by Gasteiger charge is -2.29. The van der Waals surface area contributed by atoms with Gasteiger partial charge in [0, 0.05) is 11.3 Å². The Morgan fingerprint density at radius 2 is 1.59 bits per heavy atom. The van der Waals surface area contributed by atoms with Gasteiger partial charge in [-0.25, -0.2) is 0 Å². The van der Waals surface area contributed by atoms with E-state index in [1.807, 2.05) is 30.3 Å². The number of alkyl halides is 3. The van der Waals surface area contributed by atoms with Crippen molar-refractivity contribution in [3.8, 4) is 0 Å². The Hall–Kier alpha value is -2.38. The predicted octanol–water partition coefficient (Wildman–Crippen LogP) is 0.628. The number of nitrogens with one attached hydrogen (secondary N) is 3. The Labute approximate surface area is 156 Å². The molecule has 1 aliphatic heterocycles. The minimum atomic E-state index is -4.31. The highest BCUT2D eigenvalue weighted by Crippen LogP contribution is 2.29. The van der Waals surface area contributed by atoms with Crippen LogP contribution in [0.2, 0.25) is 0 Å². The average Bonchev–Trinajstić information content (AvgIpc) is 2.64. The van der Waals surface area contributed by atoms with Crippen LogP contribution in [0.1, 0.15) is 11.1 Å². The first-order chi connectivity index (χ1) is 12.9. The van der Waals surface area contributed by atoms with Gasteiger partial charge in [-0.1, -0.05) is 30.3 Å². The average molecular weight is 379 g/mol. The third-order valence-electron chi connectivity index (χ3n) is 4.84. The van der Waals surface area contributed by atoms with Crippen molar-refractivity contribution >= 4 is 11.6 Å². The molecule has 144 valence electrons. The second kappa shape index (κ2) is 8.54. The van der Waals surface area contributed by atoms with Crippen molar-refractivity contribution in [2.24, 2.45) is 0 Å². The molecule has 0 aliphatic carbocycles. The molecule has 2 aromatic rings. The number of anilines is 1. The van der Waals surface area contributed by atoms with Gasteiger partial charge in [0.05, 0.1) is 5.56 Å². The largest absolute Gasteiger partial charge is 0.416 e. The molecule has 1 amide bonds. The van der Waals surface area contributed by atoms with Crippen LogP contribution in [0, 0.1) is 0 Å². The van der Waals surface area contributed by atoms with Gasteiger partial charge in [0.2, 0.25) is 0 Å². The van der Waals surface area contributed by atoms with Crippen molar-refractivity contribution in [3.05, 3.63) is 65.7 Å². The first kappa shape index (κ1) is 19.4. The first-order valence-electron chi connectivity index (χ1n) is 9.08. The van der Waals surface area contributed by atoms with Crippen LogP contribution in [0.5, 0.6) is 0 Å². The monoisotopic (exact) mass is 379 g/mol. The normalized spacial score (nSPS) is 20.3. The lowest BCUT2D eigenvalue weighted by atomic mass is 10.1. The maximum atomic E-state index is 12.8. The number of halogens is 3. The number of quaternary nitrogens is 2. The second-order valence-electron chi connectivity index (χ2n) is 6.97. The van der Waals surface area contributed by atoms with E-state index in [0.29, 0.717) is 18.7 Å². The molecule has 0 bridgehead atoms. The smallest absolute Gasteiger partial charge is 0.322 e. The number of hydrogen-bond donors (Lipinski definition) is 3. The quantitative estimate of drug-likeness (QED) is 0.701. The van der Waals surface area contributed by atoms with Gasteiger partial charge in [-0.2, -0.15) is 13.2 Å². The van der Waals surface area contributed by atoms with Crippen molar-refractivity contribution in [1.29, 1.82) is 0 Å². The number of carbonyl (C=O) groups is 1. The van der Waals surface area contributed by atoms with Crippen LogP contribution in [0.15, 0.2) is 54.6 Å². The van der Waals surface area contributed by atoms with E-state index >= 15 is 0 Å². The Kier molecular flexibility index (Phi) is 6.13. The van der Waals surface area contributed by atoms with Gasteiger partial charge in [-0.05, 0) is 24.3 Å². The maximum Gasteiger partial charge on any atom is 0.416 e. The third kappa shape index (κ3) is 5.80. The van der Waals surface area contributed by atoms with Crippen LogP contribution < -0.4 is 15.1 Å². The Bertz CT molecular complexity index is 757. The highest BCUT2D eigenvalue weighted by molar-refractivity contribution is 5.91. The molecule has 1 fully saturated rings. The molecule has 0 saturated carbocycles. The molecule has 1 heterocycles. The van der Waals surface area contributed by atoms with Crippen LogP contribution in [-0.4, -0.2) is 38.6 Å². The van der Waals surface area contributed by atoms with Crippen LogP contribution in [-0.2, 0) is 17.5 Å². The summed E-state index contributed by atoms with van der Waals surface area (Å²) >= 11 is 0. The summed E-state index contributed by atoms with van der Waals surface area (Å²) in [7, 11) is 0. The molecule has 0 unspecified atom stereocenters. The van der Waals surface area contributed by atoms with Crippen LogP contribution in [0.3, 0.4) is 0 Å². The van der Waals surface area contributed by atoms with Gasteiger partial charge in [-0.3, -0.25) is 4.79 Å². The van der Waals surface area contributed by atoms with E-state index in [0.717, 1.165) is 37.9 Å². The maximum absolute atomic E-state index is 12.8. The predicted molar refractivity (Wildman–Crippen MR) is 96.5 cm³/mol. The highest BCUT2D eigenvalue weighted by Gasteiger charge is 2.31. The summed E-state index contributed by atoms with van der Waals surface area (Å²) in [4.78, 5) is 14.6. The van der Waals surface area contributed by atoms with Crippen molar-refractivity contribution in [1.82, 2.24) is 0 Å². The lowest BCUT2D eigenvalue weighted by Crippen LogP contribution is -3.28. The van der Waals surface area contributed by atoms with Gasteiger partial charge in [0.25, 0.3) is 5.91 Å². The molecule has 3 N–H and O–H groups in total. The number of benzene rings is 2. The summed E-state index contributed by atoms with van der Waals surface area (Å²) in [6.45, 7) is 4.32.